The number of nitrogens with one attached hydrogen (secondary N) is 3. The summed E-state index contributed by atoms with van der Waals surface area (Å²) in [7, 11) is 0. The first-order valence-corrected chi connectivity index (χ1v) is 13.3. The minimum absolute atomic E-state index is 0.0168. The summed E-state index contributed by atoms with van der Waals surface area (Å²) < 4.78 is 6.13. The normalized spacial score (nSPS) is 26.4. The minimum Gasteiger partial charge on any atom is -0.487 e. The standard InChI is InChI=1S/C29H37N5O3/c1-5-29(6-2)16-24(35)34(27(30)33-29)25(18-10-9-13-31-17-18)20-14-21(20)26(36)32-22-15-28(3,4)37-23-12-8-7-11-19(22)23/h7-13,17,20-22,25H,5-6,14-16H2,1-4H3,(H2,30,33)(H,32,36)/t20-,21-,22-,25+/m0/s1. The SMILES string of the molecule is CCC1(CC)CC(=O)N([C@H](c2cccnc2)[C@H]2C[C@@H]2C(=O)N[C@H]2CC(C)(C)Oc3ccccc32)C(=N)N1. The molecule has 2 aliphatic heterocycles. The molecule has 3 aliphatic rings. The number of hydrogen-bond acceptors (Lipinski definition) is 5. The number of nitrogens with zero attached hydrogens (tertiary/aromatic N) is 2. The third-order valence-electron chi connectivity index (χ3n) is 8.32. The van der Waals surface area contributed by atoms with E-state index < -0.39 is 11.6 Å². The average Bonchev–Trinajstić information content (AvgIpc) is 3.66. The zero-order valence-electron chi connectivity index (χ0n) is 22.1. The molecule has 0 radical (unpaired) electrons. The van der Waals surface area contributed by atoms with Crippen LogP contribution in [0.3, 0.4) is 0 Å². The molecule has 0 unspecified atom stereocenters. The van der Waals surface area contributed by atoms with Gasteiger partial charge in [-0.05, 0) is 56.7 Å². The van der Waals surface area contributed by atoms with Gasteiger partial charge in [-0.1, -0.05) is 38.1 Å². The number of aromatic nitrogens is 1. The van der Waals surface area contributed by atoms with E-state index in [4.69, 9.17) is 10.1 Å². The maximum absolute atomic E-state index is 13.5. The Bertz CT molecular complexity index is 1170. The van der Waals surface area contributed by atoms with Gasteiger partial charge in [-0.25, -0.2) is 0 Å². The molecule has 3 N–H and O–H groups in total. The fourth-order valence-corrected chi connectivity index (χ4v) is 6.04. The van der Waals surface area contributed by atoms with Gasteiger partial charge >= 0.3 is 0 Å². The fourth-order valence-electron chi connectivity index (χ4n) is 6.04. The van der Waals surface area contributed by atoms with Crippen LogP contribution in [0.4, 0.5) is 0 Å². The Kier molecular flexibility index (Phi) is 6.46. The molecular formula is C29H37N5O3. The molecule has 1 saturated carbocycles. The van der Waals surface area contributed by atoms with Crippen LogP contribution in [0.5, 0.6) is 5.75 Å². The van der Waals surface area contributed by atoms with Crippen LogP contribution >= 0.6 is 0 Å². The largest absolute Gasteiger partial charge is 0.487 e. The van der Waals surface area contributed by atoms with Crippen LogP contribution in [0.25, 0.3) is 0 Å². The van der Waals surface area contributed by atoms with Gasteiger partial charge in [0.1, 0.15) is 11.4 Å². The summed E-state index contributed by atoms with van der Waals surface area (Å²) in [4.78, 5) is 32.9. The number of pyridine rings is 1. The summed E-state index contributed by atoms with van der Waals surface area (Å²) in [6.45, 7) is 8.16. The molecule has 2 aromatic rings. The van der Waals surface area contributed by atoms with Crippen molar-refractivity contribution in [2.45, 2.75) is 83.0 Å². The van der Waals surface area contributed by atoms with Crippen LogP contribution in [0.1, 0.15) is 83.0 Å². The monoisotopic (exact) mass is 503 g/mol. The summed E-state index contributed by atoms with van der Waals surface area (Å²) in [5.74, 6) is 0.491. The highest BCUT2D eigenvalue weighted by molar-refractivity contribution is 6.00. The van der Waals surface area contributed by atoms with Crippen molar-refractivity contribution in [3.63, 3.8) is 0 Å². The van der Waals surface area contributed by atoms with Crippen molar-refractivity contribution in [3.05, 3.63) is 59.9 Å². The smallest absolute Gasteiger partial charge is 0.232 e. The lowest BCUT2D eigenvalue weighted by molar-refractivity contribution is -0.134. The van der Waals surface area contributed by atoms with Gasteiger partial charge < -0.3 is 15.4 Å². The maximum atomic E-state index is 13.5. The van der Waals surface area contributed by atoms with Gasteiger partial charge in [0.2, 0.25) is 11.8 Å². The van der Waals surface area contributed by atoms with Crippen LogP contribution in [0.2, 0.25) is 0 Å². The zero-order valence-corrected chi connectivity index (χ0v) is 22.1. The molecule has 37 heavy (non-hydrogen) atoms. The molecule has 1 aliphatic carbocycles. The van der Waals surface area contributed by atoms with Crippen molar-refractivity contribution >= 4 is 17.8 Å². The summed E-state index contributed by atoms with van der Waals surface area (Å²) in [6, 6.07) is 11.1. The first kappa shape index (κ1) is 25.2. The van der Waals surface area contributed by atoms with E-state index in [1.807, 2.05) is 64.1 Å². The molecule has 8 heteroatoms. The number of fused-ring (bicyclic) bond motifs is 1. The van der Waals surface area contributed by atoms with Crippen LogP contribution in [0.15, 0.2) is 48.8 Å². The van der Waals surface area contributed by atoms with E-state index in [2.05, 4.69) is 15.6 Å². The van der Waals surface area contributed by atoms with E-state index in [0.717, 1.165) is 29.7 Å². The summed E-state index contributed by atoms with van der Waals surface area (Å²) in [5, 5.41) is 15.4. The quantitative estimate of drug-likeness (QED) is 0.516. The maximum Gasteiger partial charge on any atom is 0.232 e. The number of hydrogen-bond donors (Lipinski definition) is 3. The molecule has 1 aromatic carbocycles. The van der Waals surface area contributed by atoms with E-state index in [9.17, 15) is 9.59 Å². The minimum atomic E-state index is -0.415. The van der Waals surface area contributed by atoms with Crippen LogP contribution in [0, 0.1) is 17.2 Å². The number of rotatable bonds is 7. The van der Waals surface area contributed by atoms with E-state index in [1.54, 1.807) is 17.3 Å². The van der Waals surface area contributed by atoms with Crippen molar-refractivity contribution < 1.29 is 14.3 Å². The summed E-state index contributed by atoms with van der Waals surface area (Å²) >= 11 is 0. The van der Waals surface area contributed by atoms with Crippen LogP contribution in [-0.2, 0) is 9.59 Å². The Balaban J connectivity index is 1.37. The zero-order chi connectivity index (χ0) is 26.4. The lowest BCUT2D eigenvalue weighted by Gasteiger charge is -2.45. The highest BCUT2D eigenvalue weighted by Gasteiger charge is 2.54. The Morgan fingerprint density at radius 2 is 2.00 bits per heavy atom. The number of para-hydroxylation sites is 1. The van der Waals surface area contributed by atoms with Crippen molar-refractivity contribution in [1.29, 1.82) is 5.41 Å². The third kappa shape index (κ3) is 4.81. The average molecular weight is 504 g/mol. The topological polar surface area (TPSA) is 107 Å². The number of ether oxygens (including phenoxy) is 1. The van der Waals surface area contributed by atoms with E-state index >= 15 is 0 Å². The second-order valence-electron chi connectivity index (χ2n) is 11.3. The lowest BCUT2D eigenvalue weighted by Crippen LogP contribution is -2.62. The van der Waals surface area contributed by atoms with Crippen molar-refractivity contribution in [2.75, 3.05) is 0 Å². The lowest BCUT2D eigenvalue weighted by atomic mass is 9.85. The second kappa shape index (κ2) is 9.47. The molecule has 8 nitrogen and oxygen atoms in total. The second-order valence-corrected chi connectivity index (χ2v) is 11.3. The molecule has 1 saturated heterocycles. The predicted molar refractivity (Wildman–Crippen MR) is 141 cm³/mol. The molecule has 3 heterocycles. The van der Waals surface area contributed by atoms with Gasteiger partial charge in [0, 0.05) is 35.8 Å². The Morgan fingerprint density at radius 1 is 1.24 bits per heavy atom. The van der Waals surface area contributed by atoms with E-state index in [0.29, 0.717) is 19.3 Å². The number of amides is 2. The first-order chi connectivity index (χ1) is 17.7. The summed E-state index contributed by atoms with van der Waals surface area (Å²) in [6.07, 6.45) is 6.63. The number of benzene rings is 1. The van der Waals surface area contributed by atoms with Gasteiger partial charge in [-0.2, -0.15) is 0 Å². The summed E-state index contributed by atoms with van der Waals surface area (Å²) in [5.41, 5.74) is 1.05. The van der Waals surface area contributed by atoms with E-state index in [1.165, 1.54) is 0 Å². The molecule has 1 aromatic heterocycles. The highest BCUT2D eigenvalue weighted by atomic mass is 16.5. The van der Waals surface area contributed by atoms with E-state index in [-0.39, 0.29) is 41.3 Å². The third-order valence-corrected chi connectivity index (χ3v) is 8.32. The number of guanidine groups is 1. The molecular weight excluding hydrogens is 466 g/mol. The number of carbonyl (C=O) groups is 2. The molecule has 0 spiro atoms. The fraction of sp³-hybridized carbons (Fsp3) is 0.517. The molecule has 5 rings (SSSR count). The van der Waals surface area contributed by atoms with Crippen molar-refractivity contribution in [1.82, 2.24) is 20.5 Å². The number of carbonyl (C=O) groups excluding carboxylic acids is 2. The van der Waals surface area contributed by atoms with Crippen LogP contribution < -0.4 is 15.4 Å². The van der Waals surface area contributed by atoms with Gasteiger partial charge in [0.15, 0.2) is 5.96 Å². The highest BCUT2D eigenvalue weighted by Crippen LogP contribution is 2.51. The van der Waals surface area contributed by atoms with Gasteiger partial charge in [0.25, 0.3) is 0 Å². The Hall–Kier alpha value is -3.42. The molecule has 2 fully saturated rings. The predicted octanol–water partition coefficient (Wildman–Crippen LogP) is 4.49. The Labute approximate surface area is 218 Å². The molecule has 2 amide bonds. The molecule has 196 valence electrons. The van der Waals surface area contributed by atoms with Crippen molar-refractivity contribution in [3.8, 4) is 5.75 Å². The van der Waals surface area contributed by atoms with Gasteiger partial charge in [0.05, 0.1) is 18.5 Å². The van der Waals surface area contributed by atoms with Crippen molar-refractivity contribution in [2.24, 2.45) is 11.8 Å². The van der Waals surface area contributed by atoms with Gasteiger partial charge in [-0.3, -0.25) is 24.9 Å². The molecule has 4 atom stereocenters. The Morgan fingerprint density at radius 3 is 2.68 bits per heavy atom. The first-order valence-electron chi connectivity index (χ1n) is 13.3. The molecule has 0 bridgehead atoms. The van der Waals surface area contributed by atoms with Gasteiger partial charge in [-0.15, -0.1) is 0 Å². The van der Waals surface area contributed by atoms with Crippen LogP contribution in [-0.4, -0.2) is 38.8 Å².